The maximum absolute atomic E-state index is 12.5. The van der Waals surface area contributed by atoms with Gasteiger partial charge >= 0.3 is 0 Å². The number of hydrogen-bond donors (Lipinski definition) is 0. The predicted octanol–water partition coefficient (Wildman–Crippen LogP) is 3.13. The van der Waals surface area contributed by atoms with Crippen LogP contribution in [0.3, 0.4) is 0 Å². The van der Waals surface area contributed by atoms with Gasteiger partial charge in [-0.3, -0.25) is 0 Å². The molecule has 0 fully saturated rings. The van der Waals surface area contributed by atoms with E-state index < -0.39 is 0 Å². The van der Waals surface area contributed by atoms with Crippen molar-refractivity contribution in [3.63, 3.8) is 0 Å². The summed E-state index contributed by atoms with van der Waals surface area (Å²) in [6.07, 6.45) is 8.75. The second-order valence-corrected chi connectivity index (χ2v) is 2.64. The molecule has 60 valence electrons. The molecule has 0 unspecified atom stereocenters. The molecule has 0 saturated heterocycles. The maximum atomic E-state index is 12.5. The van der Waals surface area contributed by atoms with E-state index >= 15 is 0 Å². The third-order valence-corrected chi connectivity index (χ3v) is 1.76. The molecule has 0 aliphatic heterocycles. The highest BCUT2D eigenvalue weighted by Gasteiger charge is 2.08. The quantitative estimate of drug-likeness (QED) is 0.516. The van der Waals surface area contributed by atoms with Crippen LogP contribution in [0.4, 0.5) is 8.78 Å². The zero-order chi connectivity index (χ0) is 8.55. The van der Waals surface area contributed by atoms with E-state index in [0.29, 0.717) is 0 Å². The molecule has 0 radical (unpaired) electrons. The number of halogens is 2. The average molecular weight is 164 g/mol. The van der Waals surface area contributed by atoms with Crippen LogP contribution < -0.4 is 0 Å². The number of hydrogen-bond acceptors (Lipinski definition) is 0. The molecule has 0 nitrogen and oxygen atoms in total. The molecular weight excluding hydrogens is 158 g/mol. The summed E-state index contributed by atoms with van der Waals surface area (Å²) in [7, 11) is 0. The van der Waals surface area contributed by atoms with Crippen LogP contribution >= 0.6 is 0 Å². The minimum absolute atomic E-state index is 0.286. The average Bonchev–Trinajstić information content (AvgIpc) is 2.58. The summed E-state index contributed by atoms with van der Waals surface area (Å²) >= 11 is 0. The first-order chi connectivity index (χ1) is 5.75. The summed E-state index contributed by atoms with van der Waals surface area (Å²) in [5.41, 5.74) is 1.44. The second kappa shape index (κ2) is 2.55. The molecular formula is C10H6F2. The first-order valence-corrected chi connectivity index (χ1v) is 3.60. The van der Waals surface area contributed by atoms with Gasteiger partial charge in [-0.1, -0.05) is 12.2 Å². The third kappa shape index (κ3) is 1.16. The summed E-state index contributed by atoms with van der Waals surface area (Å²) in [5, 5.41) is 0. The van der Waals surface area contributed by atoms with Crippen LogP contribution in [-0.4, -0.2) is 0 Å². The molecule has 0 spiro atoms. The monoisotopic (exact) mass is 164 g/mol. The Balaban J connectivity index is 2.42. The third-order valence-electron chi connectivity index (χ3n) is 1.76. The highest BCUT2D eigenvalue weighted by atomic mass is 19.1. The first-order valence-electron chi connectivity index (χ1n) is 3.60. The lowest BCUT2D eigenvalue weighted by Crippen LogP contribution is -1.73. The van der Waals surface area contributed by atoms with Crippen molar-refractivity contribution in [3.05, 3.63) is 59.3 Å². The van der Waals surface area contributed by atoms with Crippen molar-refractivity contribution in [1.29, 1.82) is 0 Å². The Morgan fingerprint density at radius 3 is 1.33 bits per heavy atom. The number of allylic oxidation sites excluding steroid dienone is 10. The van der Waals surface area contributed by atoms with Crippen LogP contribution in [0.5, 0.6) is 0 Å². The van der Waals surface area contributed by atoms with Gasteiger partial charge in [-0.2, -0.15) is 0 Å². The van der Waals surface area contributed by atoms with Crippen LogP contribution in [-0.2, 0) is 0 Å². The second-order valence-electron chi connectivity index (χ2n) is 2.64. The Hall–Kier alpha value is -1.44. The van der Waals surface area contributed by atoms with E-state index in [-0.39, 0.29) is 11.7 Å². The van der Waals surface area contributed by atoms with Crippen LogP contribution in [0.2, 0.25) is 0 Å². The van der Waals surface area contributed by atoms with Gasteiger partial charge in [0, 0.05) is 0 Å². The van der Waals surface area contributed by atoms with E-state index in [0.717, 1.165) is 11.1 Å². The molecule has 0 aromatic carbocycles. The lowest BCUT2D eigenvalue weighted by Gasteiger charge is -1.91. The highest BCUT2D eigenvalue weighted by Crippen LogP contribution is 2.25. The van der Waals surface area contributed by atoms with E-state index in [4.69, 9.17) is 0 Å². The topological polar surface area (TPSA) is 0 Å². The molecule has 0 aromatic rings. The van der Waals surface area contributed by atoms with Gasteiger partial charge in [0.1, 0.15) is 11.7 Å². The zero-order valence-corrected chi connectivity index (χ0v) is 6.22. The Morgan fingerprint density at radius 1 is 0.667 bits per heavy atom. The van der Waals surface area contributed by atoms with Crippen molar-refractivity contribution < 1.29 is 8.78 Å². The maximum Gasteiger partial charge on any atom is 0.123 e. The van der Waals surface area contributed by atoms with Crippen LogP contribution in [0, 0.1) is 0 Å². The summed E-state index contributed by atoms with van der Waals surface area (Å²) < 4.78 is 25.1. The Labute approximate surface area is 68.9 Å². The Morgan fingerprint density at radius 2 is 1.08 bits per heavy atom. The minimum atomic E-state index is -0.286. The van der Waals surface area contributed by atoms with Crippen LogP contribution in [0.1, 0.15) is 0 Å². The van der Waals surface area contributed by atoms with E-state index in [1.807, 2.05) is 0 Å². The molecule has 0 aromatic heterocycles. The van der Waals surface area contributed by atoms with Crippen LogP contribution in [0.15, 0.2) is 59.3 Å². The van der Waals surface area contributed by atoms with Gasteiger partial charge in [0.05, 0.1) is 0 Å². The minimum Gasteiger partial charge on any atom is -0.207 e. The van der Waals surface area contributed by atoms with Gasteiger partial charge in [0.15, 0.2) is 0 Å². The molecule has 0 amide bonds. The lowest BCUT2D eigenvalue weighted by molar-refractivity contribution is 0.669. The smallest absolute Gasteiger partial charge is 0.123 e. The zero-order valence-electron chi connectivity index (χ0n) is 6.22. The van der Waals surface area contributed by atoms with Crippen molar-refractivity contribution in [1.82, 2.24) is 0 Å². The van der Waals surface area contributed by atoms with E-state index in [1.54, 1.807) is 12.2 Å². The van der Waals surface area contributed by atoms with Crippen molar-refractivity contribution >= 4 is 0 Å². The largest absolute Gasteiger partial charge is 0.207 e. The fraction of sp³-hybridized carbons (Fsp3) is 0. The fourth-order valence-electron chi connectivity index (χ4n) is 1.19. The standard InChI is InChI=1S/C10H6F2/c11-9-3-1-7(5-9)8-2-4-10(12)6-8/h1-6H/b8-7+. The molecule has 2 rings (SSSR count). The van der Waals surface area contributed by atoms with Gasteiger partial charge in [-0.15, -0.1) is 0 Å². The van der Waals surface area contributed by atoms with Crippen molar-refractivity contribution in [2.45, 2.75) is 0 Å². The van der Waals surface area contributed by atoms with Gasteiger partial charge in [0.25, 0.3) is 0 Å². The van der Waals surface area contributed by atoms with Gasteiger partial charge in [-0.05, 0) is 35.5 Å². The van der Waals surface area contributed by atoms with Crippen molar-refractivity contribution in [2.24, 2.45) is 0 Å². The lowest BCUT2D eigenvalue weighted by atomic mass is 10.1. The fourth-order valence-corrected chi connectivity index (χ4v) is 1.19. The summed E-state index contributed by atoms with van der Waals surface area (Å²) in [4.78, 5) is 0. The van der Waals surface area contributed by atoms with Gasteiger partial charge in [-0.25, -0.2) is 8.78 Å². The first kappa shape index (κ1) is 7.22. The van der Waals surface area contributed by atoms with Crippen molar-refractivity contribution in [2.75, 3.05) is 0 Å². The molecule has 2 aliphatic carbocycles. The predicted molar refractivity (Wildman–Crippen MR) is 43.7 cm³/mol. The summed E-state index contributed by atoms with van der Waals surface area (Å²) in [6, 6.07) is 0. The van der Waals surface area contributed by atoms with Gasteiger partial charge < -0.3 is 0 Å². The summed E-state index contributed by atoms with van der Waals surface area (Å²) in [5.74, 6) is -0.571. The normalized spacial score (nSPS) is 26.5. The van der Waals surface area contributed by atoms with E-state index in [1.165, 1.54) is 24.3 Å². The molecule has 2 aliphatic rings. The number of rotatable bonds is 0. The van der Waals surface area contributed by atoms with Crippen LogP contribution in [0.25, 0.3) is 0 Å². The van der Waals surface area contributed by atoms with Gasteiger partial charge in [0.2, 0.25) is 0 Å². The summed E-state index contributed by atoms with van der Waals surface area (Å²) in [6.45, 7) is 0. The van der Waals surface area contributed by atoms with E-state index in [9.17, 15) is 8.78 Å². The molecule has 2 heteroatoms. The molecule has 0 heterocycles. The Kier molecular flexibility index (Phi) is 1.54. The Bertz CT molecular complexity index is 329. The van der Waals surface area contributed by atoms with E-state index in [2.05, 4.69) is 0 Å². The van der Waals surface area contributed by atoms with Crippen molar-refractivity contribution in [3.8, 4) is 0 Å². The molecule has 12 heavy (non-hydrogen) atoms. The SMILES string of the molecule is FC1=C/C(=C2\C=CC(F)=C2)C=C1. The molecule has 0 bridgehead atoms. The molecule has 0 saturated carbocycles. The molecule has 0 N–H and O–H groups in total. The molecule has 0 atom stereocenters. The highest BCUT2D eigenvalue weighted by molar-refractivity contribution is 5.56.